The summed E-state index contributed by atoms with van der Waals surface area (Å²) >= 11 is 0. The zero-order valence-electron chi connectivity index (χ0n) is 25.6. The van der Waals surface area contributed by atoms with Crippen molar-refractivity contribution in [1.82, 2.24) is 24.4 Å². The third kappa shape index (κ3) is 7.01. The van der Waals surface area contributed by atoms with E-state index >= 15 is 0 Å². The van der Waals surface area contributed by atoms with E-state index in [1.807, 2.05) is 4.90 Å². The maximum Gasteiger partial charge on any atom is 0.414 e. The molecule has 46 heavy (non-hydrogen) atoms. The number of ether oxygens (including phenoxy) is 3. The number of anilines is 2. The van der Waals surface area contributed by atoms with E-state index < -0.39 is 18.3 Å². The van der Waals surface area contributed by atoms with E-state index in [0.717, 1.165) is 0 Å². The Morgan fingerprint density at radius 1 is 0.978 bits per heavy atom. The fourth-order valence-corrected chi connectivity index (χ4v) is 5.60. The van der Waals surface area contributed by atoms with Gasteiger partial charge in [0.05, 0.1) is 24.2 Å². The van der Waals surface area contributed by atoms with Gasteiger partial charge >= 0.3 is 6.09 Å². The van der Waals surface area contributed by atoms with Crippen molar-refractivity contribution in [2.24, 2.45) is 5.92 Å². The summed E-state index contributed by atoms with van der Waals surface area (Å²) in [6.45, 7) is 2.10. The summed E-state index contributed by atoms with van der Waals surface area (Å²) in [7, 11) is 3.18. The zero-order chi connectivity index (χ0) is 32.2. The van der Waals surface area contributed by atoms with Gasteiger partial charge in [-0.3, -0.25) is 9.36 Å². The Balaban J connectivity index is 1.17. The van der Waals surface area contributed by atoms with Crippen LogP contribution in [0.5, 0.6) is 11.6 Å². The van der Waals surface area contributed by atoms with E-state index in [-0.39, 0.29) is 29.6 Å². The van der Waals surface area contributed by atoms with Crippen LogP contribution >= 0.6 is 0 Å². The number of aromatic nitrogens is 4. The molecule has 1 aliphatic heterocycles. The van der Waals surface area contributed by atoms with Gasteiger partial charge in [0.1, 0.15) is 17.7 Å². The van der Waals surface area contributed by atoms with Crippen molar-refractivity contribution in [3.05, 3.63) is 60.4 Å². The lowest BCUT2D eigenvalue weighted by Crippen LogP contribution is -2.37. The molecule has 3 heterocycles. The Labute approximate surface area is 264 Å². The molecule has 4 aromatic rings. The van der Waals surface area contributed by atoms with Gasteiger partial charge < -0.3 is 29.3 Å². The number of halogens is 2. The lowest BCUT2D eigenvalue weighted by Gasteiger charge is -2.29. The van der Waals surface area contributed by atoms with Gasteiger partial charge in [0, 0.05) is 50.9 Å². The summed E-state index contributed by atoms with van der Waals surface area (Å²) in [5, 5.41) is 2.92. The lowest BCUT2D eigenvalue weighted by atomic mass is 9.86. The predicted molar refractivity (Wildman–Crippen MR) is 166 cm³/mol. The standard InChI is InChI=1S/C32H35F2N7O5/c1-39(2)32(43)46-23-7-5-6-21(18-23)35-30(42)20-10-12-22(13-11-20)45-27-19-26(37-31(38-27)40-14-16-44-17-15-40)41-25-9-4-3-8-24(25)36-29(41)28(33)34/h3-9,18-20,22,28H,10-17H2,1-2H3,(H,35,42)/t20-,22-. The van der Waals surface area contributed by atoms with Gasteiger partial charge in [0.2, 0.25) is 17.7 Å². The van der Waals surface area contributed by atoms with Crippen LogP contribution in [0.25, 0.3) is 16.9 Å². The fourth-order valence-electron chi connectivity index (χ4n) is 5.60. The van der Waals surface area contributed by atoms with Crippen molar-refractivity contribution in [2.45, 2.75) is 38.2 Å². The third-order valence-electron chi connectivity index (χ3n) is 7.99. The van der Waals surface area contributed by atoms with E-state index in [2.05, 4.69) is 20.3 Å². The first kappa shape index (κ1) is 31.1. The highest BCUT2D eigenvalue weighted by Gasteiger charge is 2.29. The van der Waals surface area contributed by atoms with E-state index in [9.17, 15) is 18.4 Å². The van der Waals surface area contributed by atoms with Crippen molar-refractivity contribution in [1.29, 1.82) is 0 Å². The van der Waals surface area contributed by atoms with Gasteiger partial charge in [-0.25, -0.2) is 18.6 Å². The summed E-state index contributed by atoms with van der Waals surface area (Å²) in [4.78, 5) is 41.7. The monoisotopic (exact) mass is 635 g/mol. The Morgan fingerprint density at radius 3 is 2.48 bits per heavy atom. The first-order valence-electron chi connectivity index (χ1n) is 15.2. The number of imidazole rings is 1. The van der Waals surface area contributed by atoms with Crippen molar-refractivity contribution in [3.63, 3.8) is 0 Å². The normalized spacial score (nSPS) is 18.4. The van der Waals surface area contributed by atoms with Crippen molar-refractivity contribution >= 4 is 34.7 Å². The van der Waals surface area contributed by atoms with Gasteiger partial charge in [-0.15, -0.1) is 0 Å². The number of amides is 2. The van der Waals surface area contributed by atoms with Crippen LogP contribution < -0.4 is 19.7 Å². The number of nitrogens with one attached hydrogen (secondary N) is 1. The molecule has 1 saturated carbocycles. The zero-order valence-corrected chi connectivity index (χ0v) is 25.6. The van der Waals surface area contributed by atoms with Crippen molar-refractivity contribution in [2.75, 3.05) is 50.6 Å². The highest BCUT2D eigenvalue weighted by Crippen LogP contribution is 2.32. The number of fused-ring (bicyclic) bond motifs is 1. The van der Waals surface area contributed by atoms with Crippen LogP contribution in [0, 0.1) is 5.92 Å². The number of para-hydroxylation sites is 2. The number of alkyl halides is 2. The van der Waals surface area contributed by atoms with E-state index in [1.54, 1.807) is 68.7 Å². The minimum Gasteiger partial charge on any atom is -0.474 e. The second-order valence-electron chi connectivity index (χ2n) is 11.4. The second-order valence-corrected chi connectivity index (χ2v) is 11.4. The number of morpholine rings is 1. The van der Waals surface area contributed by atoms with Gasteiger partial charge in [0.25, 0.3) is 6.43 Å². The Morgan fingerprint density at radius 2 is 1.74 bits per heavy atom. The van der Waals surface area contributed by atoms with Crippen LogP contribution in [-0.4, -0.2) is 82.9 Å². The SMILES string of the molecule is CN(C)C(=O)Oc1cccc(NC(=O)[C@H]2CC[C@H](Oc3cc(-n4c(C(F)F)nc5ccccc54)nc(N4CCOCC4)n3)CC2)c1. The molecule has 0 bridgehead atoms. The number of nitrogens with zero attached hydrogens (tertiary/aromatic N) is 6. The highest BCUT2D eigenvalue weighted by atomic mass is 19.3. The second kappa shape index (κ2) is 13.6. The van der Waals surface area contributed by atoms with Crippen LogP contribution in [0.1, 0.15) is 37.9 Å². The molecule has 242 valence electrons. The quantitative estimate of drug-likeness (QED) is 0.277. The average molecular weight is 636 g/mol. The Bertz CT molecular complexity index is 1700. The summed E-state index contributed by atoms with van der Waals surface area (Å²) in [5.74, 6) is 0.429. The summed E-state index contributed by atoms with van der Waals surface area (Å²) in [6, 6.07) is 15.2. The molecule has 0 unspecified atom stereocenters. The van der Waals surface area contributed by atoms with Crippen LogP contribution in [0.3, 0.4) is 0 Å². The van der Waals surface area contributed by atoms with Gasteiger partial charge in [-0.2, -0.15) is 9.97 Å². The topological polar surface area (TPSA) is 124 Å². The van der Waals surface area contributed by atoms with Gasteiger partial charge in [-0.05, 0) is 49.9 Å². The summed E-state index contributed by atoms with van der Waals surface area (Å²) in [5.41, 5.74) is 1.47. The van der Waals surface area contributed by atoms with Crippen molar-refractivity contribution < 1.29 is 32.6 Å². The molecule has 14 heteroatoms. The van der Waals surface area contributed by atoms with Crippen LogP contribution in [-0.2, 0) is 9.53 Å². The molecule has 2 aromatic carbocycles. The molecule has 0 atom stereocenters. The summed E-state index contributed by atoms with van der Waals surface area (Å²) in [6.07, 6.45) is -1.20. The average Bonchev–Trinajstić information content (AvgIpc) is 3.46. The molecule has 0 radical (unpaired) electrons. The van der Waals surface area contributed by atoms with Crippen LogP contribution in [0.2, 0.25) is 0 Å². The molecular formula is C32H35F2N7O5. The lowest BCUT2D eigenvalue weighted by molar-refractivity contribution is -0.121. The first-order valence-corrected chi connectivity index (χ1v) is 15.2. The molecule has 12 nitrogen and oxygen atoms in total. The van der Waals surface area contributed by atoms with E-state index in [1.165, 1.54) is 9.47 Å². The van der Waals surface area contributed by atoms with E-state index in [0.29, 0.717) is 80.4 Å². The number of benzene rings is 2. The minimum absolute atomic E-state index is 0.125. The fraction of sp³-hybridized carbons (Fsp3) is 0.406. The molecule has 1 saturated heterocycles. The molecule has 2 aromatic heterocycles. The van der Waals surface area contributed by atoms with E-state index in [4.69, 9.17) is 14.2 Å². The van der Waals surface area contributed by atoms with Crippen LogP contribution in [0.4, 0.5) is 25.2 Å². The minimum atomic E-state index is -2.82. The third-order valence-corrected chi connectivity index (χ3v) is 7.99. The number of hydrogen-bond acceptors (Lipinski definition) is 9. The van der Waals surface area contributed by atoms with Gasteiger partial charge in [-0.1, -0.05) is 18.2 Å². The van der Waals surface area contributed by atoms with Crippen LogP contribution in [0.15, 0.2) is 54.6 Å². The molecular weight excluding hydrogens is 600 g/mol. The Hall–Kier alpha value is -4.85. The molecule has 2 fully saturated rings. The molecule has 1 aliphatic carbocycles. The number of carbonyl (C=O) groups is 2. The predicted octanol–water partition coefficient (Wildman–Crippen LogP) is 5.23. The maximum absolute atomic E-state index is 14.2. The van der Waals surface area contributed by atoms with Crippen molar-refractivity contribution in [3.8, 4) is 17.4 Å². The first-order chi connectivity index (χ1) is 22.2. The molecule has 1 N–H and O–H groups in total. The molecule has 2 aliphatic rings. The molecule has 6 rings (SSSR count). The highest BCUT2D eigenvalue weighted by molar-refractivity contribution is 5.92. The van der Waals surface area contributed by atoms with Gasteiger partial charge in [0.15, 0.2) is 5.82 Å². The molecule has 2 amide bonds. The smallest absolute Gasteiger partial charge is 0.414 e. The number of rotatable bonds is 8. The maximum atomic E-state index is 14.2. The molecule has 0 spiro atoms. The number of carbonyl (C=O) groups excluding carboxylic acids is 2. The number of hydrogen-bond donors (Lipinski definition) is 1. The largest absolute Gasteiger partial charge is 0.474 e. The summed E-state index contributed by atoms with van der Waals surface area (Å²) < 4.78 is 46.8. The Kier molecular flexibility index (Phi) is 9.24.